The number of ether oxygens (including phenoxy) is 1. The minimum atomic E-state index is -0.854. The highest BCUT2D eigenvalue weighted by atomic mass is 32.1. The maximum Gasteiger partial charge on any atom is 0.306 e. The van der Waals surface area contributed by atoms with Crippen molar-refractivity contribution in [2.75, 3.05) is 6.61 Å². The second-order valence-electron chi connectivity index (χ2n) is 1.85. The fourth-order valence-corrected chi connectivity index (χ4v) is 0.981. The van der Waals surface area contributed by atoms with E-state index in [0.29, 0.717) is 5.75 Å². The summed E-state index contributed by atoms with van der Waals surface area (Å²) in [6.45, 7) is 0.202. The van der Waals surface area contributed by atoms with Gasteiger partial charge in [-0.3, -0.25) is 4.79 Å². The van der Waals surface area contributed by atoms with E-state index in [1.54, 1.807) is 11.6 Å². The van der Waals surface area contributed by atoms with Crippen LogP contribution in [-0.4, -0.2) is 22.1 Å². The number of rotatable bonds is 4. The summed E-state index contributed by atoms with van der Waals surface area (Å²) in [7, 11) is 0. The molecule has 0 bridgehead atoms. The Balaban J connectivity index is 2.19. The summed E-state index contributed by atoms with van der Waals surface area (Å²) in [5.74, 6) is -0.218. The SMILES string of the molecule is O=C(O)CCOc1cnsc1. The molecule has 1 aromatic rings. The highest BCUT2D eigenvalue weighted by Crippen LogP contribution is 2.10. The van der Waals surface area contributed by atoms with Crippen LogP contribution in [0.5, 0.6) is 5.75 Å². The zero-order valence-corrected chi connectivity index (χ0v) is 6.50. The van der Waals surface area contributed by atoms with E-state index in [1.807, 2.05) is 0 Å². The number of carboxylic acids is 1. The average Bonchev–Trinajstić information content (AvgIpc) is 2.39. The van der Waals surface area contributed by atoms with Crippen molar-refractivity contribution >= 4 is 17.5 Å². The smallest absolute Gasteiger partial charge is 0.306 e. The first-order valence-electron chi connectivity index (χ1n) is 3.03. The molecule has 0 aliphatic heterocycles. The molecule has 0 aromatic carbocycles. The molecule has 0 aliphatic carbocycles. The number of hydrogen-bond acceptors (Lipinski definition) is 4. The van der Waals surface area contributed by atoms with Gasteiger partial charge in [-0.15, -0.1) is 0 Å². The lowest BCUT2D eigenvalue weighted by atomic mass is 10.5. The zero-order valence-electron chi connectivity index (χ0n) is 5.69. The zero-order chi connectivity index (χ0) is 8.10. The number of carbonyl (C=O) groups is 1. The molecule has 0 aliphatic rings. The molecule has 1 aromatic heterocycles. The van der Waals surface area contributed by atoms with Crippen LogP contribution in [0.15, 0.2) is 11.6 Å². The van der Waals surface area contributed by atoms with E-state index in [4.69, 9.17) is 9.84 Å². The number of aromatic nitrogens is 1. The van der Waals surface area contributed by atoms with Crippen LogP contribution in [0.25, 0.3) is 0 Å². The molecule has 0 unspecified atom stereocenters. The molecular weight excluding hydrogens is 166 g/mol. The topological polar surface area (TPSA) is 59.4 Å². The molecule has 1 N–H and O–H groups in total. The van der Waals surface area contributed by atoms with Gasteiger partial charge >= 0.3 is 5.97 Å². The second-order valence-corrected chi connectivity index (χ2v) is 2.51. The van der Waals surface area contributed by atoms with E-state index in [-0.39, 0.29) is 13.0 Å². The molecule has 1 heterocycles. The summed E-state index contributed by atoms with van der Waals surface area (Å²) < 4.78 is 8.81. The van der Waals surface area contributed by atoms with Crippen LogP contribution in [0.4, 0.5) is 0 Å². The second kappa shape index (κ2) is 3.92. The van der Waals surface area contributed by atoms with Crippen LogP contribution in [0, 0.1) is 0 Å². The Kier molecular flexibility index (Phi) is 2.85. The van der Waals surface area contributed by atoms with Crippen molar-refractivity contribution in [2.45, 2.75) is 6.42 Å². The van der Waals surface area contributed by atoms with Crippen molar-refractivity contribution < 1.29 is 14.6 Å². The van der Waals surface area contributed by atoms with E-state index in [9.17, 15) is 4.79 Å². The number of nitrogens with zero attached hydrogens (tertiary/aromatic N) is 1. The molecule has 0 radical (unpaired) electrons. The van der Waals surface area contributed by atoms with Gasteiger partial charge in [0, 0.05) is 0 Å². The molecule has 0 amide bonds. The Hall–Kier alpha value is -1.10. The van der Waals surface area contributed by atoms with Gasteiger partial charge in [0.05, 0.1) is 24.6 Å². The maximum absolute atomic E-state index is 10.0. The Labute approximate surface area is 67.6 Å². The van der Waals surface area contributed by atoms with E-state index in [2.05, 4.69) is 4.37 Å². The number of hydrogen-bond donors (Lipinski definition) is 1. The monoisotopic (exact) mass is 173 g/mol. The van der Waals surface area contributed by atoms with Gasteiger partial charge in [-0.2, -0.15) is 4.37 Å². The van der Waals surface area contributed by atoms with Crippen LogP contribution in [-0.2, 0) is 4.79 Å². The number of carboxylic acid groups (broad SMARTS) is 1. The molecule has 1 rings (SSSR count). The van der Waals surface area contributed by atoms with Crippen molar-refractivity contribution in [1.29, 1.82) is 0 Å². The van der Waals surface area contributed by atoms with Crippen molar-refractivity contribution in [2.24, 2.45) is 0 Å². The van der Waals surface area contributed by atoms with E-state index < -0.39 is 5.97 Å². The Morgan fingerprint density at radius 2 is 2.64 bits per heavy atom. The lowest BCUT2D eigenvalue weighted by Gasteiger charge is -1.98. The van der Waals surface area contributed by atoms with Crippen molar-refractivity contribution in [1.82, 2.24) is 4.37 Å². The summed E-state index contributed by atoms with van der Waals surface area (Å²) in [6, 6.07) is 0. The largest absolute Gasteiger partial charge is 0.490 e. The summed E-state index contributed by atoms with van der Waals surface area (Å²) in [6.07, 6.45) is 1.59. The van der Waals surface area contributed by atoms with Gasteiger partial charge in [-0.05, 0) is 11.5 Å². The number of aliphatic carboxylic acids is 1. The fourth-order valence-electron chi connectivity index (χ4n) is 0.523. The molecule has 0 atom stereocenters. The molecule has 5 heteroatoms. The summed E-state index contributed by atoms with van der Waals surface area (Å²) in [5.41, 5.74) is 0. The molecular formula is C6H7NO3S. The van der Waals surface area contributed by atoms with Gasteiger partial charge in [-0.1, -0.05) is 0 Å². The van der Waals surface area contributed by atoms with Gasteiger partial charge < -0.3 is 9.84 Å². The molecule has 0 saturated carbocycles. The quantitative estimate of drug-likeness (QED) is 0.737. The van der Waals surface area contributed by atoms with E-state index in [1.165, 1.54) is 11.5 Å². The van der Waals surface area contributed by atoms with Gasteiger partial charge in [0.1, 0.15) is 5.75 Å². The van der Waals surface area contributed by atoms with Gasteiger partial charge in [0.15, 0.2) is 0 Å². The Morgan fingerprint density at radius 1 is 1.82 bits per heavy atom. The first-order chi connectivity index (χ1) is 5.29. The third-order valence-electron chi connectivity index (χ3n) is 0.994. The summed E-state index contributed by atoms with van der Waals surface area (Å²) in [5, 5.41) is 9.97. The minimum absolute atomic E-state index is 0.0237. The lowest BCUT2D eigenvalue weighted by molar-refractivity contribution is -0.137. The van der Waals surface area contributed by atoms with E-state index >= 15 is 0 Å². The maximum atomic E-state index is 10.0. The van der Waals surface area contributed by atoms with Crippen LogP contribution in [0.1, 0.15) is 6.42 Å². The highest BCUT2D eigenvalue weighted by Gasteiger charge is 1.97. The highest BCUT2D eigenvalue weighted by molar-refractivity contribution is 7.03. The summed E-state index contributed by atoms with van der Waals surface area (Å²) >= 11 is 1.28. The van der Waals surface area contributed by atoms with Gasteiger partial charge in [-0.25, -0.2) is 0 Å². The van der Waals surface area contributed by atoms with Gasteiger partial charge in [0.25, 0.3) is 0 Å². The predicted octanol–water partition coefficient (Wildman–Crippen LogP) is 0.997. The third-order valence-corrected chi connectivity index (χ3v) is 1.56. The standard InChI is InChI=1S/C6H7NO3S/c8-6(9)1-2-10-5-3-7-11-4-5/h3-4H,1-2H2,(H,8,9). The minimum Gasteiger partial charge on any atom is -0.490 e. The third kappa shape index (κ3) is 2.99. The van der Waals surface area contributed by atoms with Crippen LogP contribution in [0.3, 0.4) is 0 Å². The van der Waals surface area contributed by atoms with E-state index in [0.717, 1.165) is 0 Å². The molecule has 11 heavy (non-hydrogen) atoms. The average molecular weight is 173 g/mol. The van der Waals surface area contributed by atoms with Gasteiger partial charge in [0.2, 0.25) is 0 Å². The molecule has 60 valence electrons. The first-order valence-corrected chi connectivity index (χ1v) is 3.86. The molecule has 4 nitrogen and oxygen atoms in total. The fraction of sp³-hybridized carbons (Fsp3) is 0.333. The molecule has 0 fully saturated rings. The van der Waals surface area contributed by atoms with Crippen molar-refractivity contribution in [3.8, 4) is 5.75 Å². The Morgan fingerprint density at radius 3 is 3.18 bits per heavy atom. The molecule has 0 spiro atoms. The normalized spacial score (nSPS) is 9.45. The van der Waals surface area contributed by atoms with Crippen molar-refractivity contribution in [3.63, 3.8) is 0 Å². The first kappa shape index (κ1) is 8.00. The summed E-state index contributed by atoms with van der Waals surface area (Å²) in [4.78, 5) is 10.0. The lowest BCUT2D eigenvalue weighted by Crippen LogP contribution is -2.04. The van der Waals surface area contributed by atoms with Crippen LogP contribution >= 0.6 is 11.5 Å². The van der Waals surface area contributed by atoms with Crippen molar-refractivity contribution in [3.05, 3.63) is 11.6 Å². The Bertz CT molecular complexity index is 222. The predicted molar refractivity (Wildman–Crippen MR) is 39.9 cm³/mol. The van der Waals surface area contributed by atoms with Crippen LogP contribution < -0.4 is 4.74 Å². The van der Waals surface area contributed by atoms with Crippen LogP contribution in [0.2, 0.25) is 0 Å². The molecule has 0 saturated heterocycles.